The molecule has 0 atom stereocenters. The van der Waals surface area contributed by atoms with Crippen LogP contribution in [0, 0.1) is 0 Å². The second kappa shape index (κ2) is 5.35. The van der Waals surface area contributed by atoms with Gasteiger partial charge < -0.3 is 9.47 Å². The Balaban J connectivity index is 2.11. The quantitative estimate of drug-likeness (QED) is 0.441. The van der Waals surface area contributed by atoms with E-state index in [1.807, 2.05) is 6.92 Å². The van der Waals surface area contributed by atoms with E-state index in [4.69, 9.17) is 9.47 Å². The van der Waals surface area contributed by atoms with Crippen LogP contribution in [0.25, 0.3) is 5.76 Å². The monoisotopic (exact) mass is 249 g/mol. The molecule has 0 saturated carbocycles. The van der Waals surface area contributed by atoms with E-state index in [9.17, 15) is 9.59 Å². The molecule has 7 nitrogen and oxygen atoms in total. The highest BCUT2D eigenvalue weighted by atomic mass is 16.6. The van der Waals surface area contributed by atoms with Crippen molar-refractivity contribution in [2.45, 2.75) is 19.8 Å². The highest BCUT2D eigenvalue weighted by Crippen LogP contribution is 2.25. The average molecular weight is 249 g/mol. The Bertz CT molecular complexity index is 513. The summed E-state index contributed by atoms with van der Waals surface area (Å²) in [5.41, 5.74) is 0.215. The third-order valence-corrected chi connectivity index (χ3v) is 2.24. The first kappa shape index (κ1) is 12.2. The smallest absolute Gasteiger partial charge is 0.364 e. The maximum absolute atomic E-state index is 11.4. The number of rotatable bonds is 4. The Kier molecular flexibility index (Phi) is 3.61. The van der Waals surface area contributed by atoms with Gasteiger partial charge in [0.1, 0.15) is 6.33 Å². The van der Waals surface area contributed by atoms with Crippen LogP contribution in [-0.2, 0) is 14.3 Å². The lowest BCUT2D eigenvalue weighted by Crippen LogP contribution is -2.03. The predicted molar refractivity (Wildman–Crippen MR) is 59.1 cm³/mol. The Morgan fingerprint density at radius 2 is 2.33 bits per heavy atom. The highest BCUT2D eigenvalue weighted by molar-refractivity contribution is 6.03. The van der Waals surface area contributed by atoms with Crippen LogP contribution < -0.4 is 0 Å². The summed E-state index contributed by atoms with van der Waals surface area (Å²) in [6.45, 7) is 2.32. The van der Waals surface area contributed by atoms with Gasteiger partial charge in [-0.25, -0.2) is 14.6 Å². The Morgan fingerprint density at radius 1 is 1.50 bits per heavy atom. The van der Waals surface area contributed by atoms with E-state index in [2.05, 4.69) is 15.2 Å². The van der Waals surface area contributed by atoms with Crippen LogP contribution in [0.15, 0.2) is 12.4 Å². The van der Waals surface area contributed by atoms with Crippen molar-refractivity contribution in [2.75, 3.05) is 6.61 Å². The molecule has 0 radical (unpaired) electrons. The lowest BCUT2D eigenvalue weighted by Gasteiger charge is -2.00. The van der Waals surface area contributed by atoms with Crippen molar-refractivity contribution >= 4 is 17.7 Å². The fraction of sp³-hybridized carbons (Fsp3) is 0.364. The van der Waals surface area contributed by atoms with Crippen molar-refractivity contribution in [3.8, 4) is 0 Å². The first-order valence-corrected chi connectivity index (χ1v) is 5.51. The van der Waals surface area contributed by atoms with Crippen LogP contribution in [-0.4, -0.2) is 33.7 Å². The summed E-state index contributed by atoms with van der Waals surface area (Å²) in [5, 5.41) is 7.24. The number of hydrogen-bond donors (Lipinski definition) is 0. The summed E-state index contributed by atoms with van der Waals surface area (Å²) >= 11 is 0. The lowest BCUT2D eigenvalue weighted by molar-refractivity contribution is -0.137. The zero-order valence-corrected chi connectivity index (χ0v) is 9.75. The molecule has 0 unspecified atom stereocenters. The van der Waals surface area contributed by atoms with Crippen LogP contribution >= 0.6 is 0 Å². The van der Waals surface area contributed by atoms with Gasteiger partial charge >= 0.3 is 11.9 Å². The van der Waals surface area contributed by atoms with Gasteiger partial charge in [0.15, 0.2) is 17.1 Å². The summed E-state index contributed by atoms with van der Waals surface area (Å²) in [4.78, 5) is 26.5. The maximum atomic E-state index is 11.4. The summed E-state index contributed by atoms with van der Waals surface area (Å²) in [6.07, 6.45) is 3.93. The van der Waals surface area contributed by atoms with Gasteiger partial charge in [-0.1, -0.05) is 13.3 Å². The largest absolute Gasteiger partial charge is 0.462 e. The third-order valence-electron chi connectivity index (χ3n) is 2.24. The Morgan fingerprint density at radius 3 is 3.11 bits per heavy atom. The fourth-order valence-corrected chi connectivity index (χ4v) is 1.35. The summed E-state index contributed by atoms with van der Waals surface area (Å²) in [7, 11) is 0. The Hall–Kier alpha value is -2.31. The molecule has 1 aromatic heterocycles. The van der Waals surface area contributed by atoms with Gasteiger partial charge in [0.25, 0.3) is 0 Å². The van der Waals surface area contributed by atoms with Crippen LogP contribution in [0.4, 0.5) is 0 Å². The minimum absolute atomic E-state index is 0.0251. The van der Waals surface area contributed by atoms with E-state index in [0.29, 0.717) is 6.61 Å². The molecular formula is C11H11N3O4. The van der Waals surface area contributed by atoms with E-state index in [1.54, 1.807) is 0 Å². The minimum Gasteiger partial charge on any atom is -0.462 e. The summed E-state index contributed by atoms with van der Waals surface area (Å²) in [6, 6.07) is 0. The van der Waals surface area contributed by atoms with Crippen molar-refractivity contribution in [1.29, 1.82) is 0 Å². The standard InChI is InChI=1S/C11H11N3O4/c1-2-3-4-17-8(15)5-7-9-10(11(16)18-7)12-6-13-14-9/h5-6H,2-4H2,1H3. The predicted octanol–water partition coefficient (Wildman–Crippen LogP) is 0.726. The van der Waals surface area contributed by atoms with Crippen molar-refractivity contribution in [3.05, 3.63) is 23.8 Å². The molecule has 1 aromatic rings. The first-order valence-electron chi connectivity index (χ1n) is 5.51. The van der Waals surface area contributed by atoms with E-state index in [-0.39, 0.29) is 17.1 Å². The second-order valence-electron chi connectivity index (χ2n) is 3.58. The number of fused-ring (bicyclic) bond motifs is 1. The lowest BCUT2D eigenvalue weighted by atomic mass is 10.3. The van der Waals surface area contributed by atoms with Gasteiger partial charge in [-0.3, -0.25) is 0 Å². The van der Waals surface area contributed by atoms with Crippen LogP contribution in [0.1, 0.15) is 35.9 Å². The van der Waals surface area contributed by atoms with Gasteiger partial charge in [-0.05, 0) is 6.42 Å². The molecular weight excluding hydrogens is 238 g/mol. The number of hydrogen-bond acceptors (Lipinski definition) is 7. The Labute approximate surface area is 103 Å². The minimum atomic E-state index is -0.646. The third kappa shape index (κ3) is 2.50. The van der Waals surface area contributed by atoms with Crippen molar-refractivity contribution in [2.24, 2.45) is 0 Å². The SMILES string of the molecule is CCCCOC(=O)C=C1OC(=O)c2ncnnc21. The molecule has 0 N–H and O–H groups in total. The molecule has 2 heterocycles. The average Bonchev–Trinajstić information content (AvgIpc) is 2.67. The zero-order valence-electron chi connectivity index (χ0n) is 9.75. The number of nitrogens with zero attached hydrogens (tertiary/aromatic N) is 3. The maximum Gasteiger partial charge on any atom is 0.364 e. The van der Waals surface area contributed by atoms with Crippen molar-refractivity contribution in [3.63, 3.8) is 0 Å². The normalized spacial score (nSPS) is 15.4. The fourth-order valence-electron chi connectivity index (χ4n) is 1.35. The number of cyclic esters (lactones) is 1. The second-order valence-corrected chi connectivity index (χ2v) is 3.58. The molecule has 0 saturated heterocycles. The summed E-state index contributed by atoms with van der Waals surface area (Å²) < 4.78 is 9.78. The molecule has 0 amide bonds. The molecule has 7 heteroatoms. The number of carbonyl (C=O) groups excluding carboxylic acids is 2. The number of aromatic nitrogens is 3. The van der Waals surface area contributed by atoms with E-state index < -0.39 is 11.9 Å². The van der Waals surface area contributed by atoms with E-state index in [1.165, 1.54) is 0 Å². The molecule has 0 spiro atoms. The van der Waals surface area contributed by atoms with Gasteiger partial charge in [0.2, 0.25) is 0 Å². The number of unbranched alkanes of at least 4 members (excludes halogenated alkanes) is 1. The van der Waals surface area contributed by atoms with Crippen LogP contribution in [0.3, 0.4) is 0 Å². The van der Waals surface area contributed by atoms with Crippen molar-refractivity contribution < 1.29 is 19.1 Å². The van der Waals surface area contributed by atoms with Gasteiger partial charge in [-0.2, -0.15) is 0 Å². The van der Waals surface area contributed by atoms with Crippen molar-refractivity contribution in [1.82, 2.24) is 15.2 Å². The summed E-state index contributed by atoms with van der Waals surface area (Å²) in [5.74, 6) is -1.20. The number of carbonyl (C=O) groups is 2. The molecule has 1 aliphatic rings. The number of ether oxygens (including phenoxy) is 2. The molecule has 0 aliphatic carbocycles. The molecule has 94 valence electrons. The van der Waals surface area contributed by atoms with Gasteiger partial charge in [0, 0.05) is 0 Å². The molecule has 1 aliphatic heterocycles. The highest BCUT2D eigenvalue weighted by Gasteiger charge is 2.30. The first-order chi connectivity index (χ1) is 8.72. The topological polar surface area (TPSA) is 91.3 Å². The number of esters is 2. The molecule has 0 fully saturated rings. The van der Waals surface area contributed by atoms with Crippen LogP contribution in [0.2, 0.25) is 0 Å². The van der Waals surface area contributed by atoms with Gasteiger partial charge in [0.05, 0.1) is 12.7 Å². The van der Waals surface area contributed by atoms with E-state index in [0.717, 1.165) is 25.2 Å². The van der Waals surface area contributed by atoms with E-state index >= 15 is 0 Å². The van der Waals surface area contributed by atoms with Crippen LogP contribution in [0.5, 0.6) is 0 Å². The molecule has 18 heavy (non-hydrogen) atoms. The van der Waals surface area contributed by atoms with Gasteiger partial charge in [-0.15, -0.1) is 10.2 Å². The molecule has 0 aromatic carbocycles. The molecule has 0 bridgehead atoms. The molecule has 2 rings (SSSR count). The zero-order chi connectivity index (χ0) is 13.0.